The second-order valence-corrected chi connectivity index (χ2v) is 6.91. The van der Waals surface area contributed by atoms with Gasteiger partial charge in [-0.3, -0.25) is 4.79 Å². The molecule has 0 unspecified atom stereocenters. The zero-order chi connectivity index (χ0) is 20.8. The zero-order valence-corrected chi connectivity index (χ0v) is 16.8. The molecule has 0 fully saturated rings. The number of rotatable bonds is 7. The van der Waals surface area contributed by atoms with Gasteiger partial charge in [-0.15, -0.1) is 0 Å². The molecule has 3 rings (SSSR count). The van der Waals surface area contributed by atoms with E-state index < -0.39 is 12.1 Å². The van der Waals surface area contributed by atoms with Gasteiger partial charge >= 0.3 is 5.97 Å². The van der Waals surface area contributed by atoms with Gasteiger partial charge < -0.3 is 19.5 Å². The number of amides is 1. The topological polar surface area (TPSA) is 73.9 Å². The standard InChI is InChI=1S/C23H25NO5/c1-4-15(2)18-7-5-6-8-19(18)24-23(26)16(3)29-22(25)12-10-17-9-11-20-21(13-17)28-14-27-20/h5-13,15-16H,4,14H2,1-3H3,(H,24,26)/b12-10+/t15-,16-/m1/s1. The molecule has 1 N–H and O–H groups in total. The van der Waals surface area contributed by atoms with Crippen molar-refractivity contribution in [3.8, 4) is 11.5 Å². The van der Waals surface area contributed by atoms with E-state index in [1.165, 1.54) is 6.08 Å². The van der Waals surface area contributed by atoms with Gasteiger partial charge in [0.15, 0.2) is 17.6 Å². The van der Waals surface area contributed by atoms with Crippen molar-refractivity contribution in [2.45, 2.75) is 39.2 Å². The van der Waals surface area contributed by atoms with Crippen LogP contribution in [0.1, 0.15) is 44.2 Å². The first-order valence-electron chi connectivity index (χ1n) is 9.66. The largest absolute Gasteiger partial charge is 0.454 e. The number of esters is 1. The van der Waals surface area contributed by atoms with E-state index in [-0.39, 0.29) is 12.7 Å². The first-order chi connectivity index (χ1) is 14.0. The van der Waals surface area contributed by atoms with Crippen LogP contribution in [0.3, 0.4) is 0 Å². The first-order valence-corrected chi connectivity index (χ1v) is 9.66. The van der Waals surface area contributed by atoms with Crippen LogP contribution in [-0.2, 0) is 14.3 Å². The molecule has 1 aliphatic heterocycles. The van der Waals surface area contributed by atoms with Gasteiger partial charge in [-0.25, -0.2) is 4.79 Å². The van der Waals surface area contributed by atoms with Gasteiger partial charge in [0.05, 0.1) is 0 Å². The molecule has 6 heteroatoms. The maximum absolute atomic E-state index is 12.5. The lowest BCUT2D eigenvalue weighted by atomic mass is 9.97. The normalized spacial score (nSPS) is 14.4. The number of benzene rings is 2. The lowest BCUT2D eigenvalue weighted by molar-refractivity contribution is -0.148. The summed E-state index contributed by atoms with van der Waals surface area (Å²) >= 11 is 0. The fourth-order valence-corrected chi connectivity index (χ4v) is 2.94. The lowest BCUT2D eigenvalue weighted by Crippen LogP contribution is -2.29. The highest BCUT2D eigenvalue weighted by Crippen LogP contribution is 2.32. The fraction of sp³-hybridized carbons (Fsp3) is 0.304. The molecule has 152 valence electrons. The van der Waals surface area contributed by atoms with Gasteiger partial charge in [0.25, 0.3) is 5.91 Å². The number of carbonyl (C=O) groups is 2. The van der Waals surface area contributed by atoms with E-state index in [1.54, 1.807) is 31.2 Å². The number of ether oxygens (including phenoxy) is 3. The summed E-state index contributed by atoms with van der Waals surface area (Å²) < 4.78 is 15.8. The van der Waals surface area contributed by atoms with E-state index in [4.69, 9.17) is 14.2 Å². The molecule has 29 heavy (non-hydrogen) atoms. The molecule has 0 bridgehead atoms. The number of nitrogens with one attached hydrogen (secondary N) is 1. The monoisotopic (exact) mass is 395 g/mol. The van der Waals surface area contributed by atoms with Gasteiger partial charge in [0.1, 0.15) is 0 Å². The number of hydrogen-bond donors (Lipinski definition) is 1. The Morgan fingerprint density at radius 2 is 1.90 bits per heavy atom. The summed E-state index contributed by atoms with van der Waals surface area (Å²) in [5.41, 5.74) is 2.57. The number of carbonyl (C=O) groups excluding carboxylic acids is 2. The molecule has 1 amide bonds. The van der Waals surface area contributed by atoms with Gasteiger partial charge in [-0.2, -0.15) is 0 Å². The molecule has 2 aromatic rings. The van der Waals surface area contributed by atoms with Crippen LogP contribution >= 0.6 is 0 Å². The first kappa shape index (κ1) is 20.5. The molecule has 0 saturated carbocycles. The lowest BCUT2D eigenvalue weighted by Gasteiger charge is -2.17. The van der Waals surface area contributed by atoms with Crippen molar-refractivity contribution in [1.82, 2.24) is 0 Å². The molecule has 0 aromatic heterocycles. The maximum atomic E-state index is 12.5. The molecule has 0 saturated heterocycles. The minimum atomic E-state index is -0.922. The van der Waals surface area contributed by atoms with Crippen molar-refractivity contribution in [1.29, 1.82) is 0 Å². The smallest absolute Gasteiger partial charge is 0.331 e. The van der Waals surface area contributed by atoms with Gasteiger partial charge in [0.2, 0.25) is 6.79 Å². The minimum absolute atomic E-state index is 0.192. The van der Waals surface area contributed by atoms with E-state index in [0.717, 1.165) is 23.2 Å². The predicted molar refractivity (Wildman–Crippen MR) is 111 cm³/mol. The highest BCUT2D eigenvalue weighted by molar-refractivity contribution is 5.97. The van der Waals surface area contributed by atoms with Crippen molar-refractivity contribution in [2.75, 3.05) is 12.1 Å². The van der Waals surface area contributed by atoms with Crippen LogP contribution in [0.15, 0.2) is 48.5 Å². The third kappa shape index (κ3) is 5.16. The third-order valence-corrected chi connectivity index (χ3v) is 4.83. The molecular weight excluding hydrogens is 370 g/mol. The minimum Gasteiger partial charge on any atom is -0.454 e. The molecule has 6 nitrogen and oxygen atoms in total. The number of para-hydroxylation sites is 1. The van der Waals surface area contributed by atoms with Crippen LogP contribution in [0.4, 0.5) is 5.69 Å². The predicted octanol–water partition coefficient (Wildman–Crippen LogP) is 4.51. The van der Waals surface area contributed by atoms with E-state index in [2.05, 4.69) is 19.2 Å². The quantitative estimate of drug-likeness (QED) is 0.551. The van der Waals surface area contributed by atoms with E-state index in [0.29, 0.717) is 17.4 Å². The average molecular weight is 395 g/mol. The Morgan fingerprint density at radius 1 is 1.14 bits per heavy atom. The molecule has 2 atom stereocenters. The number of anilines is 1. The Labute approximate surface area is 170 Å². The Kier molecular flexibility index (Phi) is 6.54. The Hall–Kier alpha value is -3.28. The summed E-state index contributed by atoms with van der Waals surface area (Å²) in [7, 11) is 0. The van der Waals surface area contributed by atoms with Crippen molar-refractivity contribution in [3.05, 3.63) is 59.7 Å². The van der Waals surface area contributed by atoms with Crippen molar-refractivity contribution < 1.29 is 23.8 Å². The summed E-state index contributed by atoms with van der Waals surface area (Å²) in [5.74, 6) is 0.654. The van der Waals surface area contributed by atoms with Crippen LogP contribution in [-0.4, -0.2) is 24.8 Å². The van der Waals surface area contributed by atoms with E-state index >= 15 is 0 Å². The number of fused-ring (bicyclic) bond motifs is 1. The van der Waals surface area contributed by atoms with Crippen LogP contribution in [0.25, 0.3) is 6.08 Å². The van der Waals surface area contributed by atoms with Gasteiger partial charge in [0, 0.05) is 11.8 Å². The van der Waals surface area contributed by atoms with Gasteiger partial charge in [-0.05, 0) is 54.7 Å². The summed E-state index contributed by atoms with van der Waals surface area (Å²) in [4.78, 5) is 24.6. The van der Waals surface area contributed by atoms with E-state index in [1.807, 2.05) is 24.3 Å². The Balaban J connectivity index is 1.57. The highest BCUT2D eigenvalue weighted by Gasteiger charge is 2.19. The molecule has 0 aliphatic carbocycles. The second kappa shape index (κ2) is 9.28. The third-order valence-electron chi connectivity index (χ3n) is 4.83. The van der Waals surface area contributed by atoms with E-state index in [9.17, 15) is 9.59 Å². The Morgan fingerprint density at radius 3 is 2.69 bits per heavy atom. The van der Waals surface area contributed by atoms with Crippen molar-refractivity contribution in [2.24, 2.45) is 0 Å². The second-order valence-electron chi connectivity index (χ2n) is 6.91. The van der Waals surface area contributed by atoms with Crippen LogP contribution in [0.2, 0.25) is 0 Å². The molecular formula is C23H25NO5. The number of hydrogen-bond acceptors (Lipinski definition) is 5. The average Bonchev–Trinajstić information content (AvgIpc) is 3.20. The van der Waals surface area contributed by atoms with Gasteiger partial charge in [-0.1, -0.05) is 38.1 Å². The zero-order valence-electron chi connectivity index (χ0n) is 16.8. The molecule has 0 spiro atoms. The highest BCUT2D eigenvalue weighted by atomic mass is 16.7. The SMILES string of the molecule is CC[C@@H](C)c1ccccc1NC(=O)[C@@H](C)OC(=O)/C=C/c1ccc2c(c1)OCO2. The van der Waals surface area contributed by atoms with Crippen molar-refractivity contribution in [3.63, 3.8) is 0 Å². The van der Waals surface area contributed by atoms with Crippen LogP contribution < -0.4 is 14.8 Å². The van der Waals surface area contributed by atoms with Crippen LogP contribution in [0, 0.1) is 0 Å². The van der Waals surface area contributed by atoms with Crippen LogP contribution in [0.5, 0.6) is 11.5 Å². The summed E-state index contributed by atoms with van der Waals surface area (Å²) in [5, 5.41) is 2.86. The molecule has 0 radical (unpaired) electrons. The Bertz CT molecular complexity index is 921. The molecule has 1 aliphatic rings. The molecule has 2 aromatic carbocycles. The molecule has 1 heterocycles. The van der Waals surface area contributed by atoms with Crippen molar-refractivity contribution >= 4 is 23.6 Å². The summed E-state index contributed by atoms with van der Waals surface area (Å²) in [6.45, 7) is 5.94. The summed E-state index contributed by atoms with van der Waals surface area (Å²) in [6.07, 6.45) is 2.93. The fourth-order valence-electron chi connectivity index (χ4n) is 2.94. The summed E-state index contributed by atoms with van der Waals surface area (Å²) in [6, 6.07) is 13.0. The maximum Gasteiger partial charge on any atom is 0.331 e.